The van der Waals surface area contributed by atoms with Crippen molar-refractivity contribution < 1.29 is 0 Å². The number of benzene rings is 2. The largest absolute Gasteiger partial charge is 0.197 e. The third-order valence-electron chi connectivity index (χ3n) is 4.21. The second-order valence-corrected chi connectivity index (χ2v) is 6.32. The molecule has 2 nitrogen and oxygen atoms in total. The standard InChI is InChI=1S/C21H22N2/c1-16(2)13-20(17-9-5-3-6-10-17)21(19(14-22)15-23)18-11-7-4-8-12-18/h3-12,16,19-21H,13H2,1-2H3. The fourth-order valence-corrected chi connectivity index (χ4v) is 3.22. The van der Waals surface area contributed by atoms with Crippen molar-refractivity contribution >= 4 is 0 Å². The van der Waals surface area contributed by atoms with Gasteiger partial charge in [-0.15, -0.1) is 0 Å². The van der Waals surface area contributed by atoms with Crippen LogP contribution >= 0.6 is 0 Å². The van der Waals surface area contributed by atoms with Crippen LogP contribution in [0.25, 0.3) is 0 Å². The molecule has 0 spiro atoms. The Kier molecular flexibility index (Phi) is 5.95. The van der Waals surface area contributed by atoms with E-state index in [2.05, 4.69) is 38.1 Å². The van der Waals surface area contributed by atoms with Crippen LogP contribution in [-0.4, -0.2) is 0 Å². The molecule has 116 valence electrons. The summed E-state index contributed by atoms with van der Waals surface area (Å²) in [6.45, 7) is 4.37. The normalized spacial score (nSPS) is 13.3. The van der Waals surface area contributed by atoms with Crippen molar-refractivity contribution in [1.82, 2.24) is 0 Å². The Balaban J connectivity index is 2.53. The SMILES string of the molecule is CC(C)CC(c1ccccc1)C(c1ccccc1)C(C#N)C#N. The molecule has 2 aromatic rings. The Hall–Kier alpha value is -2.58. The fraction of sp³-hybridized carbons (Fsp3) is 0.333. The van der Waals surface area contributed by atoms with Crippen LogP contribution in [0.3, 0.4) is 0 Å². The molecule has 0 N–H and O–H groups in total. The summed E-state index contributed by atoms with van der Waals surface area (Å²) < 4.78 is 0. The molecular formula is C21H22N2. The van der Waals surface area contributed by atoms with Crippen LogP contribution in [0.15, 0.2) is 60.7 Å². The predicted octanol–water partition coefficient (Wildman–Crippen LogP) is 5.26. The average Bonchev–Trinajstić information content (AvgIpc) is 2.59. The Labute approximate surface area is 139 Å². The van der Waals surface area contributed by atoms with Gasteiger partial charge in [0.15, 0.2) is 0 Å². The molecule has 0 bridgehead atoms. The van der Waals surface area contributed by atoms with Crippen molar-refractivity contribution in [3.8, 4) is 12.1 Å². The van der Waals surface area contributed by atoms with Crippen LogP contribution in [0.4, 0.5) is 0 Å². The van der Waals surface area contributed by atoms with Crippen molar-refractivity contribution in [2.45, 2.75) is 32.1 Å². The van der Waals surface area contributed by atoms with E-state index in [1.165, 1.54) is 5.56 Å². The first-order valence-corrected chi connectivity index (χ1v) is 8.06. The molecule has 0 heterocycles. The lowest BCUT2D eigenvalue weighted by Gasteiger charge is -2.30. The highest BCUT2D eigenvalue weighted by Crippen LogP contribution is 2.42. The summed E-state index contributed by atoms with van der Waals surface area (Å²) in [7, 11) is 0. The van der Waals surface area contributed by atoms with Gasteiger partial charge in [0.05, 0.1) is 12.1 Å². The van der Waals surface area contributed by atoms with Crippen molar-refractivity contribution in [3.05, 3.63) is 71.8 Å². The molecule has 0 aliphatic heterocycles. The van der Waals surface area contributed by atoms with Crippen LogP contribution in [0.1, 0.15) is 43.2 Å². The van der Waals surface area contributed by atoms with Gasteiger partial charge in [0, 0.05) is 5.92 Å². The molecular weight excluding hydrogens is 280 g/mol. The summed E-state index contributed by atoms with van der Waals surface area (Å²) in [6, 6.07) is 24.7. The monoisotopic (exact) mass is 302 g/mol. The van der Waals surface area contributed by atoms with Gasteiger partial charge in [-0.2, -0.15) is 10.5 Å². The van der Waals surface area contributed by atoms with E-state index >= 15 is 0 Å². The van der Waals surface area contributed by atoms with E-state index in [0.717, 1.165) is 12.0 Å². The van der Waals surface area contributed by atoms with E-state index in [9.17, 15) is 10.5 Å². The van der Waals surface area contributed by atoms with Gasteiger partial charge in [-0.25, -0.2) is 0 Å². The summed E-state index contributed by atoms with van der Waals surface area (Å²) in [4.78, 5) is 0. The molecule has 0 aliphatic rings. The number of rotatable bonds is 6. The second kappa shape index (κ2) is 8.16. The number of hydrogen-bond acceptors (Lipinski definition) is 2. The van der Waals surface area contributed by atoms with E-state index in [-0.39, 0.29) is 11.8 Å². The minimum Gasteiger partial charge on any atom is -0.197 e. The van der Waals surface area contributed by atoms with Gasteiger partial charge >= 0.3 is 0 Å². The molecule has 2 rings (SSSR count). The number of nitrogens with zero attached hydrogens (tertiary/aromatic N) is 2. The highest BCUT2D eigenvalue weighted by Gasteiger charge is 2.32. The van der Waals surface area contributed by atoms with Crippen LogP contribution in [0, 0.1) is 34.5 Å². The van der Waals surface area contributed by atoms with Gasteiger partial charge in [-0.3, -0.25) is 0 Å². The molecule has 2 unspecified atom stereocenters. The third-order valence-corrected chi connectivity index (χ3v) is 4.21. The van der Waals surface area contributed by atoms with Gasteiger partial charge in [0.1, 0.15) is 5.92 Å². The van der Waals surface area contributed by atoms with Gasteiger partial charge in [-0.1, -0.05) is 74.5 Å². The maximum Gasteiger partial charge on any atom is 0.140 e. The zero-order valence-electron chi connectivity index (χ0n) is 13.7. The smallest absolute Gasteiger partial charge is 0.140 e. The third kappa shape index (κ3) is 4.21. The van der Waals surface area contributed by atoms with Gasteiger partial charge in [0.25, 0.3) is 0 Å². The van der Waals surface area contributed by atoms with E-state index in [1.54, 1.807) is 0 Å². The maximum absolute atomic E-state index is 9.52. The molecule has 0 aliphatic carbocycles. The molecule has 0 fully saturated rings. The zero-order chi connectivity index (χ0) is 16.7. The first-order valence-electron chi connectivity index (χ1n) is 8.06. The minimum absolute atomic E-state index is 0.115. The van der Waals surface area contributed by atoms with Gasteiger partial charge < -0.3 is 0 Å². The molecule has 0 radical (unpaired) electrons. The summed E-state index contributed by atoms with van der Waals surface area (Å²) in [5.41, 5.74) is 2.26. The van der Waals surface area contributed by atoms with Crippen molar-refractivity contribution in [1.29, 1.82) is 10.5 Å². The first kappa shape index (κ1) is 16.8. The molecule has 0 amide bonds. The second-order valence-electron chi connectivity index (χ2n) is 6.32. The highest BCUT2D eigenvalue weighted by atomic mass is 14.4. The zero-order valence-corrected chi connectivity index (χ0v) is 13.7. The minimum atomic E-state index is -0.652. The maximum atomic E-state index is 9.52. The first-order chi connectivity index (χ1) is 11.2. The van der Waals surface area contributed by atoms with Crippen LogP contribution in [0.2, 0.25) is 0 Å². The lowest BCUT2D eigenvalue weighted by atomic mass is 9.71. The summed E-state index contributed by atoms with van der Waals surface area (Å²) >= 11 is 0. The Morgan fingerprint density at radius 1 is 0.783 bits per heavy atom. The van der Waals surface area contributed by atoms with Crippen LogP contribution in [0.5, 0.6) is 0 Å². The Morgan fingerprint density at radius 2 is 1.26 bits per heavy atom. The van der Waals surface area contributed by atoms with Crippen molar-refractivity contribution in [2.24, 2.45) is 11.8 Å². The van der Waals surface area contributed by atoms with E-state index in [0.29, 0.717) is 5.92 Å². The molecule has 2 atom stereocenters. The van der Waals surface area contributed by atoms with Gasteiger partial charge in [0.2, 0.25) is 0 Å². The highest BCUT2D eigenvalue weighted by molar-refractivity contribution is 5.32. The lowest BCUT2D eigenvalue weighted by molar-refractivity contribution is 0.409. The summed E-state index contributed by atoms with van der Waals surface area (Å²) in [6.07, 6.45) is 0.948. The summed E-state index contributed by atoms with van der Waals surface area (Å²) in [5.74, 6) is -0.121. The number of hydrogen-bond donors (Lipinski definition) is 0. The molecule has 0 aromatic heterocycles. The van der Waals surface area contributed by atoms with E-state index in [4.69, 9.17) is 0 Å². The molecule has 0 saturated carbocycles. The molecule has 2 heteroatoms. The average molecular weight is 302 g/mol. The van der Waals surface area contributed by atoms with Crippen LogP contribution < -0.4 is 0 Å². The lowest BCUT2D eigenvalue weighted by Crippen LogP contribution is -2.20. The van der Waals surface area contributed by atoms with Gasteiger partial charge in [-0.05, 0) is 29.4 Å². The molecule has 0 saturated heterocycles. The molecule has 23 heavy (non-hydrogen) atoms. The Morgan fingerprint density at radius 3 is 1.70 bits per heavy atom. The number of nitriles is 2. The van der Waals surface area contributed by atoms with E-state index < -0.39 is 5.92 Å². The van der Waals surface area contributed by atoms with Crippen molar-refractivity contribution in [2.75, 3.05) is 0 Å². The van der Waals surface area contributed by atoms with Crippen molar-refractivity contribution in [3.63, 3.8) is 0 Å². The van der Waals surface area contributed by atoms with Crippen LogP contribution in [-0.2, 0) is 0 Å². The summed E-state index contributed by atoms with van der Waals surface area (Å²) in [5, 5.41) is 19.0. The topological polar surface area (TPSA) is 47.6 Å². The van der Waals surface area contributed by atoms with E-state index in [1.807, 2.05) is 48.5 Å². The predicted molar refractivity (Wildman–Crippen MR) is 92.5 cm³/mol. The molecule has 2 aromatic carbocycles. The quantitative estimate of drug-likeness (QED) is 0.730. The fourth-order valence-electron chi connectivity index (χ4n) is 3.22. The Bertz CT molecular complexity index is 663.